The van der Waals surface area contributed by atoms with E-state index in [1.165, 1.54) is 0 Å². The van der Waals surface area contributed by atoms with Gasteiger partial charge in [0.2, 0.25) is 5.91 Å². The molecule has 0 spiro atoms. The van der Waals surface area contributed by atoms with Crippen LogP contribution < -0.4 is 5.73 Å². The molecule has 4 nitrogen and oxygen atoms in total. The number of hydrogen-bond donors (Lipinski definition) is 1. The topological polar surface area (TPSA) is 49.6 Å². The highest BCUT2D eigenvalue weighted by Gasteiger charge is 2.36. The molecule has 0 bridgehead atoms. The number of nitrogens with zero attached hydrogens (tertiary/aromatic N) is 2. The number of likely N-dealkylation sites (N-methyl/N-ethyl adjacent to an activating group) is 1. The average molecular weight is 225 g/mol. The highest BCUT2D eigenvalue weighted by molar-refractivity contribution is 5.79. The van der Waals surface area contributed by atoms with Gasteiger partial charge in [0.05, 0.1) is 0 Å². The molecular weight excluding hydrogens is 202 g/mol. The van der Waals surface area contributed by atoms with Crippen molar-refractivity contribution in [3.05, 3.63) is 0 Å². The Morgan fingerprint density at radius 2 is 1.75 bits per heavy atom. The number of amides is 1. The normalized spacial score (nSPS) is 31.6. The van der Waals surface area contributed by atoms with Crippen LogP contribution in [-0.2, 0) is 4.79 Å². The van der Waals surface area contributed by atoms with Crippen LogP contribution in [0.2, 0.25) is 0 Å². The molecule has 1 saturated carbocycles. The standard InChI is InChI=1S/C12H23N3O/c1-14(2)11-7-15(8-11)12(16)9-3-5-10(13)6-4-9/h9-11H,3-8,13H2,1-2H3. The summed E-state index contributed by atoms with van der Waals surface area (Å²) >= 11 is 0. The first-order chi connectivity index (χ1) is 7.58. The fourth-order valence-corrected chi connectivity index (χ4v) is 2.59. The molecule has 1 heterocycles. The third-order valence-electron chi connectivity index (χ3n) is 4.03. The largest absolute Gasteiger partial charge is 0.339 e. The number of rotatable bonds is 2. The lowest BCUT2D eigenvalue weighted by atomic mass is 9.85. The fourth-order valence-electron chi connectivity index (χ4n) is 2.59. The Labute approximate surface area is 97.8 Å². The predicted molar refractivity (Wildman–Crippen MR) is 64.0 cm³/mol. The Morgan fingerprint density at radius 1 is 1.19 bits per heavy atom. The number of nitrogens with two attached hydrogens (primary N) is 1. The maximum Gasteiger partial charge on any atom is 0.225 e. The molecule has 2 rings (SSSR count). The van der Waals surface area contributed by atoms with E-state index in [2.05, 4.69) is 19.0 Å². The molecule has 92 valence electrons. The molecule has 1 aliphatic heterocycles. The van der Waals surface area contributed by atoms with Crippen LogP contribution in [0.4, 0.5) is 0 Å². The molecule has 16 heavy (non-hydrogen) atoms. The van der Waals surface area contributed by atoms with Crippen LogP contribution in [-0.4, -0.2) is 55.0 Å². The SMILES string of the molecule is CN(C)C1CN(C(=O)C2CCC(N)CC2)C1. The van der Waals surface area contributed by atoms with Gasteiger partial charge in [-0.05, 0) is 39.8 Å². The summed E-state index contributed by atoms with van der Waals surface area (Å²) in [4.78, 5) is 16.3. The van der Waals surface area contributed by atoms with Crippen molar-refractivity contribution in [1.82, 2.24) is 9.80 Å². The number of likely N-dealkylation sites (tertiary alicyclic amines) is 1. The molecule has 2 aliphatic rings. The van der Waals surface area contributed by atoms with E-state index in [0.29, 0.717) is 18.0 Å². The van der Waals surface area contributed by atoms with Crippen molar-refractivity contribution >= 4 is 5.91 Å². The molecule has 1 amide bonds. The van der Waals surface area contributed by atoms with Crippen molar-refractivity contribution < 1.29 is 4.79 Å². The van der Waals surface area contributed by atoms with Crippen molar-refractivity contribution in [3.63, 3.8) is 0 Å². The first-order valence-electron chi connectivity index (χ1n) is 6.28. The van der Waals surface area contributed by atoms with E-state index in [9.17, 15) is 4.79 Å². The number of carbonyl (C=O) groups excluding carboxylic acids is 1. The maximum atomic E-state index is 12.1. The molecule has 0 radical (unpaired) electrons. The lowest BCUT2D eigenvalue weighted by molar-refractivity contribution is -0.143. The summed E-state index contributed by atoms with van der Waals surface area (Å²) in [6.45, 7) is 1.82. The first kappa shape index (κ1) is 11.9. The van der Waals surface area contributed by atoms with Crippen molar-refractivity contribution in [1.29, 1.82) is 0 Å². The Balaban J connectivity index is 1.77. The lowest BCUT2D eigenvalue weighted by Crippen LogP contribution is -2.60. The highest BCUT2D eigenvalue weighted by Crippen LogP contribution is 2.27. The Kier molecular flexibility index (Phi) is 3.50. The van der Waals surface area contributed by atoms with Crippen molar-refractivity contribution in [2.75, 3.05) is 27.2 Å². The number of hydrogen-bond acceptors (Lipinski definition) is 3. The second-order valence-electron chi connectivity index (χ2n) is 5.47. The van der Waals surface area contributed by atoms with E-state index in [4.69, 9.17) is 5.73 Å². The van der Waals surface area contributed by atoms with Gasteiger partial charge in [0.1, 0.15) is 0 Å². The summed E-state index contributed by atoms with van der Waals surface area (Å²) < 4.78 is 0. The molecule has 4 heteroatoms. The minimum atomic E-state index is 0.253. The molecule has 1 aliphatic carbocycles. The molecule has 1 saturated heterocycles. The summed E-state index contributed by atoms with van der Waals surface area (Å²) in [5, 5.41) is 0. The van der Waals surface area contributed by atoms with Crippen LogP contribution >= 0.6 is 0 Å². The van der Waals surface area contributed by atoms with Crippen LogP contribution in [0.25, 0.3) is 0 Å². The second-order valence-corrected chi connectivity index (χ2v) is 5.47. The molecule has 0 aromatic rings. The van der Waals surface area contributed by atoms with E-state index >= 15 is 0 Å². The summed E-state index contributed by atoms with van der Waals surface area (Å²) in [5.74, 6) is 0.618. The zero-order chi connectivity index (χ0) is 11.7. The summed E-state index contributed by atoms with van der Waals surface area (Å²) in [5.41, 5.74) is 5.85. The van der Waals surface area contributed by atoms with Crippen molar-refractivity contribution in [3.8, 4) is 0 Å². The van der Waals surface area contributed by atoms with Crippen LogP contribution in [0.1, 0.15) is 25.7 Å². The lowest BCUT2D eigenvalue weighted by Gasteiger charge is -2.44. The molecule has 2 fully saturated rings. The van der Waals surface area contributed by atoms with Gasteiger partial charge in [0.15, 0.2) is 0 Å². The van der Waals surface area contributed by atoms with Gasteiger partial charge in [-0.15, -0.1) is 0 Å². The van der Waals surface area contributed by atoms with Gasteiger partial charge < -0.3 is 15.5 Å². The zero-order valence-electron chi connectivity index (χ0n) is 10.4. The van der Waals surface area contributed by atoms with E-state index in [-0.39, 0.29) is 5.92 Å². The molecule has 0 unspecified atom stereocenters. The van der Waals surface area contributed by atoms with Gasteiger partial charge in [0, 0.05) is 31.1 Å². The summed E-state index contributed by atoms with van der Waals surface area (Å²) in [6.07, 6.45) is 4.01. The predicted octanol–water partition coefficient (Wildman–Crippen LogP) is 0.276. The zero-order valence-corrected chi connectivity index (χ0v) is 10.4. The van der Waals surface area contributed by atoms with E-state index in [1.807, 2.05) is 4.90 Å². The molecule has 0 atom stereocenters. The number of carbonyl (C=O) groups is 1. The first-order valence-corrected chi connectivity index (χ1v) is 6.28. The molecular formula is C12H23N3O. The van der Waals surface area contributed by atoms with Crippen LogP contribution in [0.15, 0.2) is 0 Å². The fraction of sp³-hybridized carbons (Fsp3) is 0.917. The third-order valence-corrected chi connectivity index (χ3v) is 4.03. The summed E-state index contributed by atoms with van der Waals surface area (Å²) in [6, 6.07) is 0.893. The van der Waals surface area contributed by atoms with Gasteiger partial charge in [-0.1, -0.05) is 0 Å². The maximum absolute atomic E-state index is 12.1. The van der Waals surface area contributed by atoms with Gasteiger partial charge in [-0.3, -0.25) is 4.79 Å². The van der Waals surface area contributed by atoms with Crippen LogP contribution in [0.5, 0.6) is 0 Å². The van der Waals surface area contributed by atoms with Crippen LogP contribution in [0, 0.1) is 5.92 Å². The van der Waals surface area contributed by atoms with E-state index in [0.717, 1.165) is 38.8 Å². The third kappa shape index (κ3) is 2.38. The molecule has 0 aromatic carbocycles. The van der Waals surface area contributed by atoms with Gasteiger partial charge in [-0.2, -0.15) is 0 Å². The minimum Gasteiger partial charge on any atom is -0.339 e. The average Bonchev–Trinajstić information content (AvgIpc) is 2.15. The monoisotopic (exact) mass is 225 g/mol. The second kappa shape index (κ2) is 4.72. The smallest absolute Gasteiger partial charge is 0.225 e. The van der Waals surface area contributed by atoms with Gasteiger partial charge in [0.25, 0.3) is 0 Å². The Hall–Kier alpha value is -0.610. The quantitative estimate of drug-likeness (QED) is 0.734. The van der Waals surface area contributed by atoms with Crippen molar-refractivity contribution in [2.45, 2.75) is 37.8 Å². The van der Waals surface area contributed by atoms with E-state index < -0.39 is 0 Å². The summed E-state index contributed by atoms with van der Waals surface area (Å²) in [7, 11) is 4.15. The van der Waals surface area contributed by atoms with Crippen LogP contribution in [0.3, 0.4) is 0 Å². The Bertz CT molecular complexity index is 253. The highest BCUT2D eigenvalue weighted by atomic mass is 16.2. The minimum absolute atomic E-state index is 0.253. The van der Waals surface area contributed by atoms with E-state index in [1.54, 1.807) is 0 Å². The Morgan fingerprint density at radius 3 is 2.25 bits per heavy atom. The molecule has 2 N–H and O–H groups in total. The van der Waals surface area contributed by atoms with Gasteiger partial charge >= 0.3 is 0 Å². The molecule has 0 aromatic heterocycles. The van der Waals surface area contributed by atoms with Gasteiger partial charge in [-0.25, -0.2) is 0 Å². The van der Waals surface area contributed by atoms with Crippen molar-refractivity contribution in [2.24, 2.45) is 11.7 Å².